The molecule has 0 aromatic heterocycles. The Morgan fingerprint density at radius 2 is 1.08 bits per heavy atom. The third kappa shape index (κ3) is 13.2. The highest BCUT2D eigenvalue weighted by atomic mass is 32.2. The van der Waals surface area contributed by atoms with Gasteiger partial charge in [-0.2, -0.15) is 8.42 Å². The van der Waals surface area contributed by atoms with E-state index in [4.69, 9.17) is 4.55 Å². The van der Waals surface area contributed by atoms with Crippen LogP contribution in [0.4, 0.5) is 0 Å². The van der Waals surface area contributed by atoms with E-state index in [1.165, 1.54) is 64.2 Å². The van der Waals surface area contributed by atoms with Crippen LogP contribution in [-0.4, -0.2) is 49.4 Å². The fraction of sp³-hybridized carbons (Fsp3) is 1.00. The standard InChI is InChI=1S/C19H41NO3S/c1-4-7-8-9-10-11-12-13-14-15-17-20(5-2,6-3)18-16-19-24(21,22)23/h4-19H2,1-3H3/p+1. The molecule has 0 fully saturated rings. The van der Waals surface area contributed by atoms with Crippen LogP contribution in [0.25, 0.3) is 0 Å². The van der Waals surface area contributed by atoms with E-state index in [1.54, 1.807) is 0 Å². The lowest BCUT2D eigenvalue weighted by Gasteiger charge is -2.37. The molecule has 0 amide bonds. The van der Waals surface area contributed by atoms with Crippen molar-refractivity contribution in [1.82, 2.24) is 0 Å². The van der Waals surface area contributed by atoms with Crippen molar-refractivity contribution in [1.29, 1.82) is 0 Å². The number of unbranched alkanes of at least 4 members (excludes halogenated alkanes) is 9. The lowest BCUT2D eigenvalue weighted by molar-refractivity contribution is -0.925. The van der Waals surface area contributed by atoms with Crippen molar-refractivity contribution in [3.8, 4) is 0 Å². The van der Waals surface area contributed by atoms with Crippen LogP contribution in [0.2, 0.25) is 0 Å². The molecule has 0 atom stereocenters. The van der Waals surface area contributed by atoms with E-state index in [2.05, 4.69) is 20.8 Å². The second-order valence-corrected chi connectivity index (χ2v) is 8.81. The summed E-state index contributed by atoms with van der Waals surface area (Å²) in [5.74, 6) is -0.106. The maximum Gasteiger partial charge on any atom is 0.265 e. The molecule has 0 heterocycles. The van der Waals surface area contributed by atoms with Gasteiger partial charge in [0.15, 0.2) is 0 Å². The van der Waals surface area contributed by atoms with Crippen molar-refractivity contribution in [3.63, 3.8) is 0 Å². The monoisotopic (exact) mass is 364 g/mol. The Labute approximate surface area is 151 Å². The van der Waals surface area contributed by atoms with E-state index < -0.39 is 10.1 Å². The number of hydrogen-bond donors (Lipinski definition) is 1. The summed E-state index contributed by atoms with van der Waals surface area (Å²) >= 11 is 0. The van der Waals surface area contributed by atoms with E-state index in [0.29, 0.717) is 6.42 Å². The lowest BCUT2D eigenvalue weighted by atomic mass is 10.1. The molecule has 0 spiro atoms. The van der Waals surface area contributed by atoms with E-state index in [0.717, 1.165) is 30.7 Å². The van der Waals surface area contributed by atoms with Gasteiger partial charge < -0.3 is 4.48 Å². The topological polar surface area (TPSA) is 54.4 Å². The molecule has 0 aliphatic carbocycles. The Balaban J connectivity index is 3.80. The Morgan fingerprint density at radius 3 is 1.50 bits per heavy atom. The quantitative estimate of drug-likeness (QED) is 0.223. The Morgan fingerprint density at radius 1 is 0.667 bits per heavy atom. The summed E-state index contributed by atoms with van der Waals surface area (Å²) in [7, 11) is -3.82. The zero-order valence-corrected chi connectivity index (χ0v) is 17.2. The molecule has 0 bridgehead atoms. The van der Waals surface area contributed by atoms with Crippen LogP contribution in [0, 0.1) is 0 Å². The summed E-state index contributed by atoms with van der Waals surface area (Å²) in [5.41, 5.74) is 0. The summed E-state index contributed by atoms with van der Waals surface area (Å²) < 4.78 is 31.6. The smallest absolute Gasteiger partial charge is 0.265 e. The molecule has 0 aromatic rings. The van der Waals surface area contributed by atoms with Gasteiger partial charge in [-0.15, -0.1) is 0 Å². The lowest BCUT2D eigenvalue weighted by Crippen LogP contribution is -2.49. The Hall–Kier alpha value is -0.130. The van der Waals surface area contributed by atoms with Gasteiger partial charge in [0.1, 0.15) is 0 Å². The molecule has 4 nitrogen and oxygen atoms in total. The van der Waals surface area contributed by atoms with Crippen LogP contribution in [-0.2, 0) is 10.1 Å². The summed E-state index contributed by atoms with van der Waals surface area (Å²) in [6.07, 6.45) is 14.0. The highest BCUT2D eigenvalue weighted by Crippen LogP contribution is 2.14. The predicted octanol–water partition coefficient (Wildman–Crippen LogP) is 5.04. The van der Waals surface area contributed by atoms with Crippen molar-refractivity contribution < 1.29 is 17.5 Å². The minimum absolute atomic E-state index is 0.106. The van der Waals surface area contributed by atoms with Gasteiger partial charge >= 0.3 is 0 Å². The minimum Gasteiger partial charge on any atom is -0.324 e. The zero-order chi connectivity index (χ0) is 18.3. The zero-order valence-electron chi connectivity index (χ0n) is 16.4. The molecule has 0 saturated carbocycles. The van der Waals surface area contributed by atoms with Crippen molar-refractivity contribution >= 4 is 10.1 Å². The highest BCUT2D eigenvalue weighted by Gasteiger charge is 2.23. The van der Waals surface area contributed by atoms with Gasteiger partial charge in [0, 0.05) is 6.42 Å². The summed E-state index contributed by atoms with van der Waals surface area (Å²) in [6, 6.07) is 0. The first kappa shape index (κ1) is 23.9. The number of hydrogen-bond acceptors (Lipinski definition) is 2. The third-order valence-corrected chi connectivity index (χ3v) is 6.17. The number of quaternary nitrogens is 1. The molecule has 0 rings (SSSR count). The van der Waals surface area contributed by atoms with E-state index in [1.807, 2.05) is 0 Å². The summed E-state index contributed by atoms with van der Waals surface area (Å²) in [6.45, 7) is 10.7. The normalized spacial score (nSPS) is 12.7. The van der Waals surface area contributed by atoms with Crippen LogP contribution in [0.15, 0.2) is 0 Å². The van der Waals surface area contributed by atoms with Gasteiger partial charge in [-0.3, -0.25) is 4.55 Å². The Bertz CT molecular complexity index is 378. The molecule has 146 valence electrons. The number of rotatable bonds is 17. The van der Waals surface area contributed by atoms with E-state index in [-0.39, 0.29) is 5.75 Å². The molecule has 0 radical (unpaired) electrons. The second kappa shape index (κ2) is 14.1. The fourth-order valence-electron chi connectivity index (χ4n) is 3.48. The van der Waals surface area contributed by atoms with Gasteiger partial charge in [0.2, 0.25) is 0 Å². The average molecular weight is 365 g/mol. The van der Waals surface area contributed by atoms with Crippen molar-refractivity contribution in [3.05, 3.63) is 0 Å². The molecular weight excluding hydrogens is 322 g/mol. The Kier molecular flexibility index (Phi) is 14.0. The second-order valence-electron chi connectivity index (χ2n) is 7.24. The van der Waals surface area contributed by atoms with Crippen LogP contribution in [0.5, 0.6) is 0 Å². The predicted molar refractivity (Wildman–Crippen MR) is 104 cm³/mol. The van der Waals surface area contributed by atoms with E-state index >= 15 is 0 Å². The summed E-state index contributed by atoms with van der Waals surface area (Å²) in [5, 5.41) is 0. The SMILES string of the molecule is CCCCCCCCCCCC[N+](CC)(CC)CCCS(=O)(=O)O. The average Bonchev–Trinajstić information content (AvgIpc) is 2.54. The van der Waals surface area contributed by atoms with Crippen molar-refractivity contribution in [2.75, 3.05) is 31.9 Å². The van der Waals surface area contributed by atoms with Gasteiger partial charge in [-0.1, -0.05) is 58.3 Å². The maximum atomic E-state index is 10.9. The summed E-state index contributed by atoms with van der Waals surface area (Å²) in [4.78, 5) is 0. The maximum absolute atomic E-state index is 10.9. The van der Waals surface area contributed by atoms with Gasteiger partial charge in [0.25, 0.3) is 10.1 Å². The van der Waals surface area contributed by atoms with Crippen molar-refractivity contribution in [2.24, 2.45) is 0 Å². The van der Waals surface area contributed by atoms with Crippen LogP contribution < -0.4 is 0 Å². The molecular formula is C19H42NO3S+. The minimum atomic E-state index is -3.82. The third-order valence-electron chi connectivity index (χ3n) is 5.36. The van der Waals surface area contributed by atoms with Crippen LogP contribution in [0.1, 0.15) is 91.4 Å². The molecule has 1 N–H and O–H groups in total. The first-order chi connectivity index (χ1) is 11.4. The first-order valence-corrected chi connectivity index (χ1v) is 11.8. The van der Waals surface area contributed by atoms with Crippen molar-refractivity contribution in [2.45, 2.75) is 91.4 Å². The van der Waals surface area contributed by atoms with Crippen LogP contribution >= 0.6 is 0 Å². The van der Waals surface area contributed by atoms with E-state index in [9.17, 15) is 8.42 Å². The van der Waals surface area contributed by atoms with Gasteiger partial charge in [-0.05, 0) is 26.7 Å². The fourth-order valence-corrected chi connectivity index (χ4v) is 3.98. The molecule has 0 aromatic carbocycles. The molecule has 0 unspecified atom stereocenters. The molecule has 5 heteroatoms. The van der Waals surface area contributed by atoms with Gasteiger partial charge in [0.05, 0.1) is 31.9 Å². The first-order valence-electron chi connectivity index (χ1n) is 10.2. The van der Waals surface area contributed by atoms with Crippen LogP contribution in [0.3, 0.4) is 0 Å². The molecule has 0 aliphatic heterocycles. The van der Waals surface area contributed by atoms with Gasteiger partial charge in [-0.25, -0.2) is 0 Å². The molecule has 0 saturated heterocycles. The highest BCUT2D eigenvalue weighted by molar-refractivity contribution is 7.85. The molecule has 0 aliphatic rings. The molecule has 24 heavy (non-hydrogen) atoms. The number of nitrogens with zero attached hydrogens (tertiary/aromatic N) is 1. The largest absolute Gasteiger partial charge is 0.324 e.